The number of methoxy groups -OCH3 is 1. The first kappa shape index (κ1) is 21.9. The number of fused-ring (bicyclic) bond motifs is 1. The van der Waals surface area contributed by atoms with Gasteiger partial charge in [0.2, 0.25) is 0 Å². The highest BCUT2D eigenvalue weighted by molar-refractivity contribution is 9.10. The van der Waals surface area contributed by atoms with E-state index in [-0.39, 0.29) is 6.03 Å². The summed E-state index contributed by atoms with van der Waals surface area (Å²) in [4.78, 5) is 16.8. The Morgan fingerprint density at radius 3 is 2.69 bits per heavy atom. The van der Waals surface area contributed by atoms with E-state index in [2.05, 4.69) is 42.0 Å². The molecule has 0 fully saturated rings. The van der Waals surface area contributed by atoms with Crippen molar-refractivity contribution < 1.29 is 9.53 Å². The first-order chi connectivity index (χ1) is 15.5. The van der Waals surface area contributed by atoms with Crippen LogP contribution in [0.2, 0.25) is 5.02 Å². The number of aromatic nitrogens is 3. The van der Waals surface area contributed by atoms with Gasteiger partial charge in [0, 0.05) is 35.4 Å². The van der Waals surface area contributed by atoms with Crippen LogP contribution in [-0.4, -0.2) is 40.8 Å². The number of halogens is 2. The monoisotopic (exact) mass is 514 g/mol. The molecule has 2 aromatic heterocycles. The fraction of sp³-hybridized carbons (Fsp3) is 0.136. The molecule has 4 rings (SSSR count). The molecule has 2 heterocycles. The average Bonchev–Trinajstić information content (AvgIpc) is 3.18. The van der Waals surface area contributed by atoms with Crippen LogP contribution in [0.1, 0.15) is 0 Å². The van der Waals surface area contributed by atoms with Crippen molar-refractivity contribution in [2.75, 3.05) is 30.8 Å². The molecule has 0 unspecified atom stereocenters. The molecule has 0 aliphatic carbocycles. The lowest BCUT2D eigenvalue weighted by Gasteiger charge is -2.12. The van der Waals surface area contributed by atoms with Crippen LogP contribution in [0.3, 0.4) is 0 Å². The highest BCUT2D eigenvalue weighted by atomic mass is 79.9. The lowest BCUT2D eigenvalue weighted by molar-refractivity contribution is 0.252. The molecule has 10 heteroatoms. The fourth-order valence-electron chi connectivity index (χ4n) is 3.09. The SMILES string of the molecule is COc1ccc(NC(=O)NCCNc2cc(-c3ccccc3Cl)nc3c(Br)cnn23)cc1. The minimum Gasteiger partial charge on any atom is -0.497 e. The maximum Gasteiger partial charge on any atom is 0.319 e. The largest absolute Gasteiger partial charge is 0.497 e. The second kappa shape index (κ2) is 9.88. The topological polar surface area (TPSA) is 92.6 Å². The molecule has 3 N–H and O–H groups in total. The number of hydrogen-bond donors (Lipinski definition) is 3. The molecule has 8 nitrogen and oxygen atoms in total. The molecule has 2 aromatic carbocycles. The first-order valence-corrected chi connectivity index (χ1v) is 10.9. The van der Waals surface area contributed by atoms with Crippen LogP contribution in [-0.2, 0) is 0 Å². The lowest BCUT2D eigenvalue weighted by atomic mass is 10.1. The minimum atomic E-state index is -0.296. The predicted molar refractivity (Wildman–Crippen MR) is 130 cm³/mol. The quantitative estimate of drug-likeness (QED) is 0.299. The summed E-state index contributed by atoms with van der Waals surface area (Å²) in [6.07, 6.45) is 1.68. The van der Waals surface area contributed by atoms with Gasteiger partial charge >= 0.3 is 6.03 Å². The molecule has 0 spiro atoms. The Balaban J connectivity index is 1.41. The number of amides is 2. The summed E-state index contributed by atoms with van der Waals surface area (Å²) < 4.78 is 7.58. The van der Waals surface area contributed by atoms with E-state index in [1.807, 2.05) is 30.3 Å². The van der Waals surface area contributed by atoms with Crippen molar-refractivity contribution in [3.8, 4) is 17.0 Å². The Morgan fingerprint density at radius 2 is 1.94 bits per heavy atom. The molecule has 2 amide bonds. The average molecular weight is 516 g/mol. The van der Waals surface area contributed by atoms with Gasteiger partial charge in [-0.05, 0) is 46.3 Å². The summed E-state index contributed by atoms with van der Waals surface area (Å²) in [6.45, 7) is 0.879. The fourth-order valence-corrected chi connectivity index (χ4v) is 3.67. The number of nitrogens with zero attached hydrogens (tertiary/aromatic N) is 3. The first-order valence-electron chi connectivity index (χ1n) is 9.77. The highest BCUT2D eigenvalue weighted by Gasteiger charge is 2.13. The summed E-state index contributed by atoms with van der Waals surface area (Å²) >= 11 is 9.85. The minimum absolute atomic E-state index is 0.296. The summed E-state index contributed by atoms with van der Waals surface area (Å²) in [7, 11) is 1.60. The standard InChI is InChI=1S/C22H20BrClN6O2/c1-32-15-8-6-14(7-9-15)28-22(31)26-11-10-25-20-12-19(16-4-2-3-5-18(16)24)29-21-17(23)13-27-30(20)21/h2-9,12-13,25H,10-11H2,1H3,(H2,26,28,31). The van der Waals surface area contributed by atoms with Crippen molar-refractivity contribution >= 4 is 50.7 Å². The maximum atomic E-state index is 12.1. The maximum absolute atomic E-state index is 12.1. The van der Waals surface area contributed by atoms with Gasteiger partial charge in [-0.25, -0.2) is 9.78 Å². The molecule has 4 aromatic rings. The second-order valence-electron chi connectivity index (χ2n) is 6.77. The van der Waals surface area contributed by atoms with Crippen LogP contribution in [0.5, 0.6) is 5.75 Å². The van der Waals surface area contributed by atoms with E-state index < -0.39 is 0 Å². The smallest absolute Gasteiger partial charge is 0.319 e. The van der Waals surface area contributed by atoms with Gasteiger partial charge in [-0.15, -0.1) is 0 Å². The summed E-state index contributed by atoms with van der Waals surface area (Å²) in [5.41, 5.74) is 2.88. The number of carbonyl (C=O) groups excluding carboxylic acids is 1. The summed E-state index contributed by atoms with van der Waals surface area (Å²) in [5.74, 6) is 1.46. The van der Waals surface area contributed by atoms with Crippen LogP contribution in [0.15, 0.2) is 65.3 Å². The molecule has 0 saturated carbocycles. The van der Waals surface area contributed by atoms with Gasteiger partial charge < -0.3 is 20.7 Å². The van der Waals surface area contributed by atoms with Crippen LogP contribution in [0.25, 0.3) is 16.9 Å². The number of urea groups is 1. The molecular formula is C22H20BrClN6O2. The van der Waals surface area contributed by atoms with Crippen molar-refractivity contribution in [2.45, 2.75) is 0 Å². The van der Waals surface area contributed by atoms with Gasteiger partial charge in [-0.2, -0.15) is 9.61 Å². The van der Waals surface area contributed by atoms with E-state index in [1.54, 1.807) is 42.1 Å². The van der Waals surface area contributed by atoms with Gasteiger partial charge in [0.1, 0.15) is 11.6 Å². The molecular weight excluding hydrogens is 496 g/mol. The Hall–Kier alpha value is -3.30. The number of rotatable bonds is 7. The molecule has 0 saturated heterocycles. The Labute approximate surface area is 198 Å². The number of ether oxygens (including phenoxy) is 1. The number of nitrogens with one attached hydrogen (secondary N) is 3. The third-order valence-electron chi connectivity index (χ3n) is 4.64. The molecule has 0 radical (unpaired) electrons. The van der Waals surface area contributed by atoms with Crippen molar-refractivity contribution in [3.63, 3.8) is 0 Å². The zero-order valence-electron chi connectivity index (χ0n) is 17.1. The highest BCUT2D eigenvalue weighted by Crippen LogP contribution is 2.30. The molecule has 164 valence electrons. The Bertz CT molecular complexity index is 1250. The van der Waals surface area contributed by atoms with E-state index in [0.29, 0.717) is 29.4 Å². The van der Waals surface area contributed by atoms with Crippen molar-refractivity contribution in [1.29, 1.82) is 0 Å². The summed E-state index contributed by atoms with van der Waals surface area (Å²) in [6, 6.07) is 16.2. The molecule has 0 aliphatic rings. The normalized spacial score (nSPS) is 10.7. The zero-order valence-corrected chi connectivity index (χ0v) is 19.4. The van der Waals surface area contributed by atoms with E-state index in [1.165, 1.54) is 0 Å². The van der Waals surface area contributed by atoms with Gasteiger partial charge in [0.25, 0.3) is 0 Å². The lowest BCUT2D eigenvalue weighted by Crippen LogP contribution is -2.32. The molecule has 0 aliphatic heterocycles. The van der Waals surface area contributed by atoms with Crippen LogP contribution < -0.4 is 20.7 Å². The molecule has 0 atom stereocenters. The number of hydrogen-bond acceptors (Lipinski definition) is 5. The van der Waals surface area contributed by atoms with Gasteiger partial charge in [0.15, 0.2) is 5.65 Å². The van der Waals surface area contributed by atoms with Gasteiger partial charge in [0.05, 0.1) is 23.5 Å². The molecule has 0 bridgehead atoms. The van der Waals surface area contributed by atoms with Crippen LogP contribution in [0, 0.1) is 0 Å². The predicted octanol–water partition coefficient (Wildman–Crippen LogP) is 5.05. The van der Waals surface area contributed by atoms with E-state index >= 15 is 0 Å². The summed E-state index contributed by atoms with van der Waals surface area (Å²) in [5, 5.41) is 13.9. The van der Waals surface area contributed by atoms with Crippen molar-refractivity contribution in [2.24, 2.45) is 0 Å². The number of benzene rings is 2. The number of carbonyl (C=O) groups is 1. The molecule has 32 heavy (non-hydrogen) atoms. The Kier molecular flexibility index (Phi) is 6.77. The third kappa shape index (κ3) is 4.95. The zero-order chi connectivity index (χ0) is 22.5. The third-order valence-corrected chi connectivity index (χ3v) is 5.53. The van der Waals surface area contributed by atoms with Crippen molar-refractivity contribution in [1.82, 2.24) is 19.9 Å². The van der Waals surface area contributed by atoms with Gasteiger partial charge in [-0.1, -0.05) is 29.8 Å². The van der Waals surface area contributed by atoms with Crippen LogP contribution in [0.4, 0.5) is 16.3 Å². The van der Waals surface area contributed by atoms with E-state index in [0.717, 1.165) is 27.3 Å². The van der Waals surface area contributed by atoms with E-state index in [4.69, 9.17) is 16.3 Å². The Morgan fingerprint density at radius 1 is 1.16 bits per heavy atom. The second-order valence-corrected chi connectivity index (χ2v) is 8.03. The van der Waals surface area contributed by atoms with E-state index in [9.17, 15) is 4.79 Å². The van der Waals surface area contributed by atoms with Crippen molar-refractivity contribution in [3.05, 3.63) is 70.3 Å². The van der Waals surface area contributed by atoms with Crippen LogP contribution >= 0.6 is 27.5 Å². The van der Waals surface area contributed by atoms with Gasteiger partial charge in [-0.3, -0.25) is 0 Å². The number of anilines is 2.